The Kier molecular flexibility index (Phi) is 4.94. The number of hydrogen-bond acceptors (Lipinski definition) is 4. The summed E-state index contributed by atoms with van der Waals surface area (Å²) in [5.41, 5.74) is 1.16. The Labute approximate surface area is 101 Å². The molecule has 0 spiro atoms. The van der Waals surface area contributed by atoms with Gasteiger partial charge in [0, 0.05) is 6.61 Å². The fourth-order valence-corrected chi connectivity index (χ4v) is 1.83. The third-order valence-electron chi connectivity index (χ3n) is 2.82. The first-order valence-corrected chi connectivity index (χ1v) is 5.86. The molecule has 0 aliphatic carbocycles. The second-order valence-electron chi connectivity index (χ2n) is 4.04. The van der Waals surface area contributed by atoms with E-state index in [0.717, 1.165) is 12.0 Å². The van der Waals surface area contributed by atoms with E-state index in [1.165, 1.54) is 0 Å². The van der Waals surface area contributed by atoms with Crippen molar-refractivity contribution in [3.8, 4) is 0 Å². The van der Waals surface area contributed by atoms with Crippen LogP contribution < -0.4 is 0 Å². The zero-order valence-electron chi connectivity index (χ0n) is 9.75. The van der Waals surface area contributed by atoms with E-state index in [4.69, 9.17) is 19.3 Å². The molecule has 1 N–H and O–H groups in total. The van der Waals surface area contributed by atoms with Crippen molar-refractivity contribution in [2.75, 3.05) is 20.0 Å². The molecule has 0 bridgehead atoms. The normalized spacial score (nSPS) is 24.1. The zero-order valence-corrected chi connectivity index (χ0v) is 9.75. The molecule has 1 aliphatic heterocycles. The van der Waals surface area contributed by atoms with Crippen molar-refractivity contribution in [1.29, 1.82) is 0 Å². The summed E-state index contributed by atoms with van der Waals surface area (Å²) in [6.45, 7) is 1.50. The van der Waals surface area contributed by atoms with Crippen LogP contribution in [0, 0.1) is 0 Å². The number of ether oxygens (including phenoxy) is 3. The van der Waals surface area contributed by atoms with Gasteiger partial charge >= 0.3 is 0 Å². The molecule has 0 amide bonds. The molecule has 0 radical (unpaired) electrons. The fraction of sp³-hybridized carbons (Fsp3) is 0.538. The summed E-state index contributed by atoms with van der Waals surface area (Å²) in [4.78, 5) is 0. The standard InChI is InChI=1S/C13H18O4/c14-8-13-12(16-10-17-13)6-7-15-9-11-4-2-1-3-5-11/h1-5,12-14H,6-10H2. The van der Waals surface area contributed by atoms with Crippen LogP contribution in [0.1, 0.15) is 12.0 Å². The van der Waals surface area contributed by atoms with Crippen LogP contribution in [0.2, 0.25) is 0 Å². The Balaban J connectivity index is 1.63. The van der Waals surface area contributed by atoms with Crippen molar-refractivity contribution >= 4 is 0 Å². The molecule has 4 heteroatoms. The predicted octanol–water partition coefficient (Wildman–Crippen LogP) is 1.33. The SMILES string of the molecule is OCC1OCOC1CCOCc1ccccc1. The molecule has 4 nitrogen and oxygen atoms in total. The second-order valence-corrected chi connectivity index (χ2v) is 4.04. The van der Waals surface area contributed by atoms with Gasteiger partial charge in [0.2, 0.25) is 0 Å². The summed E-state index contributed by atoms with van der Waals surface area (Å²) in [5.74, 6) is 0. The zero-order chi connectivity index (χ0) is 11.9. The minimum Gasteiger partial charge on any atom is -0.394 e. The smallest absolute Gasteiger partial charge is 0.147 e. The van der Waals surface area contributed by atoms with Gasteiger partial charge in [0.25, 0.3) is 0 Å². The maximum Gasteiger partial charge on any atom is 0.147 e. The maximum atomic E-state index is 9.03. The van der Waals surface area contributed by atoms with E-state index >= 15 is 0 Å². The van der Waals surface area contributed by atoms with E-state index in [1.54, 1.807) is 0 Å². The lowest BCUT2D eigenvalue weighted by atomic mass is 10.1. The molecule has 17 heavy (non-hydrogen) atoms. The van der Waals surface area contributed by atoms with Gasteiger partial charge in [-0.25, -0.2) is 0 Å². The Morgan fingerprint density at radius 2 is 1.94 bits per heavy atom. The molecule has 1 aromatic rings. The molecule has 1 aromatic carbocycles. The number of benzene rings is 1. The van der Waals surface area contributed by atoms with E-state index in [-0.39, 0.29) is 25.6 Å². The highest BCUT2D eigenvalue weighted by Gasteiger charge is 2.27. The lowest BCUT2D eigenvalue weighted by Crippen LogP contribution is -2.27. The summed E-state index contributed by atoms with van der Waals surface area (Å²) >= 11 is 0. The van der Waals surface area contributed by atoms with Gasteiger partial charge in [-0.1, -0.05) is 30.3 Å². The van der Waals surface area contributed by atoms with Crippen molar-refractivity contribution in [2.24, 2.45) is 0 Å². The summed E-state index contributed by atoms with van der Waals surface area (Å²) in [7, 11) is 0. The first-order valence-electron chi connectivity index (χ1n) is 5.86. The van der Waals surface area contributed by atoms with E-state index in [9.17, 15) is 0 Å². The summed E-state index contributed by atoms with van der Waals surface area (Å²) in [5, 5.41) is 9.03. The monoisotopic (exact) mass is 238 g/mol. The number of hydrogen-bond donors (Lipinski definition) is 1. The van der Waals surface area contributed by atoms with Gasteiger partial charge in [0.05, 0.1) is 19.3 Å². The summed E-state index contributed by atoms with van der Waals surface area (Å²) in [6.07, 6.45) is 0.504. The number of rotatable bonds is 6. The van der Waals surface area contributed by atoms with Crippen LogP contribution >= 0.6 is 0 Å². The molecule has 0 saturated carbocycles. The van der Waals surface area contributed by atoms with E-state index in [2.05, 4.69) is 0 Å². The first kappa shape index (κ1) is 12.5. The van der Waals surface area contributed by atoms with Crippen molar-refractivity contribution in [1.82, 2.24) is 0 Å². The quantitative estimate of drug-likeness (QED) is 0.759. The molecule has 0 aromatic heterocycles. The molecule has 2 unspecified atom stereocenters. The highest BCUT2D eigenvalue weighted by Crippen LogP contribution is 2.15. The molecule has 1 aliphatic rings. The third kappa shape index (κ3) is 3.78. The van der Waals surface area contributed by atoms with Gasteiger partial charge in [0.1, 0.15) is 12.9 Å². The van der Waals surface area contributed by atoms with Crippen molar-refractivity contribution in [2.45, 2.75) is 25.2 Å². The van der Waals surface area contributed by atoms with Crippen LogP contribution in [0.5, 0.6) is 0 Å². The topological polar surface area (TPSA) is 47.9 Å². The Morgan fingerprint density at radius 3 is 2.71 bits per heavy atom. The number of aliphatic hydroxyl groups excluding tert-OH is 1. The number of aliphatic hydroxyl groups is 1. The van der Waals surface area contributed by atoms with Gasteiger partial charge in [-0.05, 0) is 12.0 Å². The average molecular weight is 238 g/mol. The van der Waals surface area contributed by atoms with Gasteiger partial charge in [0.15, 0.2) is 0 Å². The fourth-order valence-electron chi connectivity index (χ4n) is 1.83. The summed E-state index contributed by atoms with van der Waals surface area (Å²) in [6, 6.07) is 10.0. The van der Waals surface area contributed by atoms with E-state index in [0.29, 0.717) is 13.2 Å². The average Bonchev–Trinajstić information content (AvgIpc) is 2.83. The second kappa shape index (κ2) is 6.71. The van der Waals surface area contributed by atoms with Gasteiger partial charge in [-0.3, -0.25) is 0 Å². The van der Waals surface area contributed by atoms with E-state index < -0.39 is 0 Å². The van der Waals surface area contributed by atoms with Crippen molar-refractivity contribution < 1.29 is 19.3 Å². The molecule has 1 fully saturated rings. The highest BCUT2D eigenvalue weighted by atomic mass is 16.7. The minimum absolute atomic E-state index is 0.00333. The predicted molar refractivity (Wildman–Crippen MR) is 62.4 cm³/mol. The molecular formula is C13H18O4. The van der Waals surface area contributed by atoms with Crippen LogP contribution in [0.4, 0.5) is 0 Å². The largest absolute Gasteiger partial charge is 0.394 e. The molecular weight excluding hydrogens is 220 g/mol. The Hall–Kier alpha value is -0.940. The lowest BCUT2D eigenvalue weighted by molar-refractivity contribution is 0.0241. The minimum atomic E-state index is -0.199. The lowest BCUT2D eigenvalue weighted by Gasteiger charge is -2.14. The van der Waals surface area contributed by atoms with Crippen LogP contribution in [0.15, 0.2) is 30.3 Å². The molecule has 2 atom stereocenters. The van der Waals surface area contributed by atoms with Gasteiger partial charge in [-0.2, -0.15) is 0 Å². The van der Waals surface area contributed by atoms with Crippen LogP contribution in [0.25, 0.3) is 0 Å². The van der Waals surface area contributed by atoms with Crippen LogP contribution in [-0.4, -0.2) is 37.3 Å². The Bertz CT molecular complexity index is 314. The Morgan fingerprint density at radius 1 is 1.18 bits per heavy atom. The summed E-state index contributed by atoms with van der Waals surface area (Å²) < 4.78 is 16.1. The third-order valence-corrected chi connectivity index (χ3v) is 2.82. The highest BCUT2D eigenvalue weighted by molar-refractivity contribution is 5.13. The van der Waals surface area contributed by atoms with E-state index in [1.807, 2.05) is 30.3 Å². The molecule has 1 saturated heterocycles. The molecule has 1 heterocycles. The first-order chi connectivity index (χ1) is 8.40. The van der Waals surface area contributed by atoms with Crippen LogP contribution in [-0.2, 0) is 20.8 Å². The van der Waals surface area contributed by atoms with Crippen molar-refractivity contribution in [3.63, 3.8) is 0 Å². The molecule has 2 rings (SSSR count). The maximum absolute atomic E-state index is 9.03. The van der Waals surface area contributed by atoms with Gasteiger partial charge in [-0.15, -0.1) is 0 Å². The van der Waals surface area contributed by atoms with Crippen LogP contribution in [0.3, 0.4) is 0 Å². The van der Waals surface area contributed by atoms with Crippen molar-refractivity contribution in [3.05, 3.63) is 35.9 Å². The molecule has 94 valence electrons. The van der Waals surface area contributed by atoms with Gasteiger partial charge < -0.3 is 19.3 Å².